The fraction of sp³-hybridized carbons (Fsp3) is 0.348. The van der Waals surface area contributed by atoms with E-state index in [0.717, 1.165) is 16.9 Å². The number of methoxy groups -OCH3 is 2. The van der Waals surface area contributed by atoms with Gasteiger partial charge in [0, 0.05) is 0 Å². The minimum Gasteiger partial charge on any atom is -0.497 e. The highest BCUT2D eigenvalue weighted by Crippen LogP contribution is 2.56. The zero-order valence-corrected chi connectivity index (χ0v) is 16.9. The van der Waals surface area contributed by atoms with Crippen LogP contribution in [0.2, 0.25) is 0 Å². The van der Waals surface area contributed by atoms with E-state index in [4.69, 9.17) is 28.7 Å². The van der Waals surface area contributed by atoms with Gasteiger partial charge in [-0.3, -0.25) is 0 Å². The van der Waals surface area contributed by atoms with Crippen LogP contribution >= 0.6 is 0 Å². The Kier molecular flexibility index (Phi) is 4.36. The van der Waals surface area contributed by atoms with Crippen LogP contribution in [0.25, 0.3) is 0 Å². The molecule has 7 heteroatoms. The van der Waals surface area contributed by atoms with Crippen molar-refractivity contribution in [1.29, 1.82) is 0 Å². The van der Waals surface area contributed by atoms with Crippen molar-refractivity contribution in [2.45, 2.75) is 36.9 Å². The van der Waals surface area contributed by atoms with Crippen molar-refractivity contribution < 1.29 is 33.5 Å². The normalized spacial score (nSPS) is 32.1. The van der Waals surface area contributed by atoms with Gasteiger partial charge in [0.1, 0.15) is 23.7 Å². The highest BCUT2D eigenvalue weighted by molar-refractivity contribution is 5.92. The minimum absolute atomic E-state index is 0.264. The van der Waals surface area contributed by atoms with E-state index in [-0.39, 0.29) is 6.42 Å². The van der Waals surface area contributed by atoms with Crippen LogP contribution in [0.1, 0.15) is 36.7 Å². The van der Waals surface area contributed by atoms with Gasteiger partial charge in [-0.2, -0.15) is 4.89 Å². The molecule has 0 N–H and O–H groups in total. The van der Waals surface area contributed by atoms with Crippen LogP contribution in [-0.2, 0) is 24.0 Å². The largest absolute Gasteiger partial charge is 0.497 e. The summed E-state index contributed by atoms with van der Waals surface area (Å²) in [4.78, 5) is 24.3. The molecule has 2 aromatic rings. The highest BCUT2D eigenvalue weighted by atomic mass is 17.3. The Morgan fingerprint density at radius 3 is 2.47 bits per heavy atom. The zero-order valence-electron chi connectivity index (χ0n) is 16.9. The SMILES string of the molecule is COc1ccc(C2O[C@]34CC(c5cccc(OC)c5)OC(=O)C3=C[C@@]2(C)OO4)cc1. The molecule has 4 aliphatic heterocycles. The van der Waals surface area contributed by atoms with E-state index in [1.165, 1.54) is 0 Å². The standard InChI is InChI=1S/C23H22O7/c1-22-12-18-21(24)27-19(15-5-4-6-17(11-15)26-3)13-23(18,30-29-22)28-20(22)14-7-9-16(25-2)10-8-14/h4-12,19-20H,13H2,1-3H3/t19?,20?,22-,23+/m1/s1. The van der Waals surface area contributed by atoms with Crippen LogP contribution in [0, 0.1) is 0 Å². The molecule has 156 valence electrons. The molecule has 0 radical (unpaired) electrons. The number of fused-ring (bicyclic) bond motifs is 2. The van der Waals surface area contributed by atoms with Gasteiger partial charge in [-0.1, -0.05) is 24.3 Å². The molecular formula is C23H22O7. The second-order valence-corrected chi connectivity index (χ2v) is 7.81. The van der Waals surface area contributed by atoms with E-state index in [0.29, 0.717) is 11.3 Å². The van der Waals surface area contributed by atoms with Crippen molar-refractivity contribution in [2.75, 3.05) is 14.2 Å². The topological polar surface area (TPSA) is 72.5 Å². The van der Waals surface area contributed by atoms with E-state index < -0.39 is 29.6 Å². The maximum absolute atomic E-state index is 12.9. The molecule has 7 nitrogen and oxygen atoms in total. The number of cyclic esters (lactones) is 1. The summed E-state index contributed by atoms with van der Waals surface area (Å²) in [6.45, 7) is 1.82. The second kappa shape index (κ2) is 6.84. The molecule has 6 rings (SSSR count). The molecule has 2 bridgehead atoms. The van der Waals surface area contributed by atoms with Gasteiger partial charge in [0.2, 0.25) is 5.79 Å². The van der Waals surface area contributed by atoms with Crippen LogP contribution in [0.4, 0.5) is 0 Å². The van der Waals surface area contributed by atoms with E-state index >= 15 is 0 Å². The zero-order chi connectivity index (χ0) is 20.9. The third kappa shape index (κ3) is 2.89. The third-order valence-electron chi connectivity index (χ3n) is 5.83. The Hall–Kier alpha value is -2.87. The monoisotopic (exact) mass is 410 g/mol. The molecule has 4 aliphatic rings. The lowest BCUT2D eigenvalue weighted by Crippen LogP contribution is -2.61. The first-order valence-corrected chi connectivity index (χ1v) is 9.73. The van der Waals surface area contributed by atoms with Crippen LogP contribution < -0.4 is 9.47 Å². The van der Waals surface area contributed by atoms with Crippen LogP contribution in [0.3, 0.4) is 0 Å². The van der Waals surface area contributed by atoms with Crippen molar-refractivity contribution in [3.8, 4) is 11.5 Å². The van der Waals surface area contributed by atoms with Gasteiger partial charge in [-0.25, -0.2) is 9.68 Å². The Labute approximate surface area is 174 Å². The van der Waals surface area contributed by atoms with Crippen LogP contribution in [0.15, 0.2) is 60.2 Å². The molecule has 30 heavy (non-hydrogen) atoms. The number of rotatable bonds is 4. The molecule has 1 spiro atoms. The van der Waals surface area contributed by atoms with E-state index in [2.05, 4.69) is 0 Å². The van der Waals surface area contributed by atoms with Gasteiger partial charge in [-0.15, -0.1) is 0 Å². The molecule has 0 saturated carbocycles. The van der Waals surface area contributed by atoms with Gasteiger partial charge < -0.3 is 18.9 Å². The summed E-state index contributed by atoms with van der Waals surface area (Å²) in [6, 6.07) is 15.0. The molecule has 2 unspecified atom stereocenters. The van der Waals surface area contributed by atoms with Gasteiger partial charge in [0.05, 0.1) is 26.2 Å². The first kappa shape index (κ1) is 19.1. The Morgan fingerprint density at radius 1 is 0.967 bits per heavy atom. The molecule has 4 atom stereocenters. The Bertz CT molecular complexity index is 1010. The summed E-state index contributed by atoms with van der Waals surface area (Å²) in [5.74, 6) is -0.394. The average molecular weight is 410 g/mol. The summed E-state index contributed by atoms with van der Waals surface area (Å²) in [5, 5.41) is 0. The number of ether oxygens (including phenoxy) is 4. The quantitative estimate of drug-likeness (QED) is 0.561. The maximum atomic E-state index is 12.9. The van der Waals surface area contributed by atoms with Crippen molar-refractivity contribution in [1.82, 2.24) is 0 Å². The molecular weight excluding hydrogens is 388 g/mol. The predicted octanol–water partition coefficient (Wildman–Crippen LogP) is 3.81. The van der Waals surface area contributed by atoms with Crippen LogP contribution in [-0.4, -0.2) is 31.6 Å². The summed E-state index contributed by atoms with van der Waals surface area (Å²) >= 11 is 0. The van der Waals surface area contributed by atoms with Crippen molar-refractivity contribution in [2.24, 2.45) is 0 Å². The summed E-state index contributed by atoms with van der Waals surface area (Å²) < 4.78 is 22.7. The lowest BCUT2D eigenvalue weighted by molar-refractivity contribution is -0.523. The molecule has 2 saturated heterocycles. The van der Waals surface area contributed by atoms with E-state index in [9.17, 15) is 4.79 Å². The molecule has 4 heterocycles. The lowest BCUT2D eigenvalue weighted by atomic mass is 9.81. The fourth-order valence-electron chi connectivity index (χ4n) is 4.22. The Morgan fingerprint density at radius 2 is 1.73 bits per heavy atom. The molecule has 2 aromatic carbocycles. The third-order valence-corrected chi connectivity index (χ3v) is 5.83. The lowest BCUT2D eigenvalue weighted by Gasteiger charge is -2.54. The fourth-order valence-corrected chi connectivity index (χ4v) is 4.22. The first-order valence-electron chi connectivity index (χ1n) is 9.73. The average Bonchev–Trinajstić information content (AvgIpc) is 2.78. The number of hydrogen-bond acceptors (Lipinski definition) is 7. The second-order valence-electron chi connectivity index (χ2n) is 7.81. The van der Waals surface area contributed by atoms with Crippen molar-refractivity contribution >= 4 is 5.97 Å². The summed E-state index contributed by atoms with van der Waals surface area (Å²) in [5.41, 5.74) is 1.06. The van der Waals surface area contributed by atoms with Gasteiger partial charge in [-0.05, 0) is 48.4 Å². The molecule has 0 aromatic heterocycles. The van der Waals surface area contributed by atoms with Gasteiger partial charge in [0.25, 0.3) is 0 Å². The predicted molar refractivity (Wildman–Crippen MR) is 105 cm³/mol. The number of carbonyl (C=O) groups is 1. The van der Waals surface area contributed by atoms with E-state index in [1.54, 1.807) is 20.3 Å². The summed E-state index contributed by atoms with van der Waals surface area (Å²) in [6.07, 6.45) is 1.00. The summed E-state index contributed by atoms with van der Waals surface area (Å²) in [7, 11) is 3.21. The van der Waals surface area contributed by atoms with E-state index in [1.807, 2.05) is 55.5 Å². The van der Waals surface area contributed by atoms with Gasteiger partial charge in [0.15, 0.2) is 5.60 Å². The van der Waals surface area contributed by atoms with Gasteiger partial charge >= 0.3 is 5.97 Å². The van der Waals surface area contributed by atoms with Crippen molar-refractivity contribution in [3.63, 3.8) is 0 Å². The van der Waals surface area contributed by atoms with Crippen molar-refractivity contribution in [3.05, 3.63) is 71.3 Å². The first-order chi connectivity index (χ1) is 14.5. The number of carbonyl (C=O) groups excluding carboxylic acids is 1. The van der Waals surface area contributed by atoms with Crippen LogP contribution in [0.5, 0.6) is 11.5 Å². The highest BCUT2D eigenvalue weighted by Gasteiger charge is 2.63. The smallest absolute Gasteiger partial charge is 0.340 e. The number of benzene rings is 2. The minimum atomic E-state index is -1.34. The Balaban J connectivity index is 1.51. The number of hydrogen-bond donors (Lipinski definition) is 0. The molecule has 0 amide bonds. The molecule has 0 aliphatic carbocycles. The molecule has 2 fully saturated rings. The maximum Gasteiger partial charge on any atom is 0.340 e. The number of esters is 1.